The first-order valence-corrected chi connectivity index (χ1v) is 10.8. The quantitative estimate of drug-likeness (QED) is 0.604. The molecule has 1 aliphatic rings. The molecule has 0 aliphatic carbocycles. The van der Waals surface area contributed by atoms with Crippen molar-refractivity contribution < 1.29 is 9.53 Å². The molecule has 0 spiro atoms. The number of amides is 1. The maximum Gasteiger partial charge on any atom is 0.253 e. The maximum absolute atomic E-state index is 13.0. The highest BCUT2D eigenvalue weighted by Crippen LogP contribution is 2.20. The molecule has 5 nitrogen and oxygen atoms in total. The van der Waals surface area contributed by atoms with Crippen LogP contribution in [0.1, 0.15) is 32.6 Å². The van der Waals surface area contributed by atoms with Gasteiger partial charge in [-0.05, 0) is 54.8 Å². The minimum Gasteiger partial charge on any atom is -0.489 e. The van der Waals surface area contributed by atoms with E-state index in [-0.39, 0.29) is 5.91 Å². The lowest BCUT2D eigenvalue weighted by Crippen LogP contribution is -2.48. The Morgan fingerprint density at radius 2 is 1.77 bits per heavy atom. The van der Waals surface area contributed by atoms with Gasteiger partial charge in [0.15, 0.2) is 0 Å². The van der Waals surface area contributed by atoms with Gasteiger partial charge in [0.2, 0.25) is 0 Å². The van der Waals surface area contributed by atoms with E-state index in [9.17, 15) is 4.79 Å². The number of benzene rings is 2. The summed E-state index contributed by atoms with van der Waals surface area (Å²) >= 11 is 0. The predicted octanol–water partition coefficient (Wildman–Crippen LogP) is 4.24. The minimum absolute atomic E-state index is 0.0920. The molecule has 0 unspecified atom stereocenters. The summed E-state index contributed by atoms with van der Waals surface area (Å²) in [5.74, 6) is 0.974. The molecule has 4 rings (SSSR count). The Hall–Kier alpha value is -3.18. The van der Waals surface area contributed by atoms with Crippen LogP contribution in [0.3, 0.4) is 0 Å². The highest BCUT2D eigenvalue weighted by Gasteiger charge is 2.22. The van der Waals surface area contributed by atoms with E-state index in [1.807, 2.05) is 47.5 Å². The summed E-state index contributed by atoms with van der Waals surface area (Å²) in [4.78, 5) is 21.5. The van der Waals surface area contributed by atoms with Gasteiger partial charge in [-0.25, -0.2) is 0 Å². The van der Waals surface area contributed by atoms with E-state index in [2.05, 4.69) is 41.9 Å². The van der Waals surface area contributed by atoms with Crippen molar-refractivity contribution in [2.24, 2.45) is 0 Å². The lowest BCUT2D eigenvalue weighted by atomic mass is 10.1. The van der Waals surface area contributed by atoms with Gasteiger partial charge in [0.25, 0.3) is 5.91 Å². The van der Waals surface area contributed by atoms with Crippen LogP contribution in [0.25, 0.3) is 0 Å². The fraction of sp³-hybridized carbons (Fsp3) is 0.308. The molecule has 3 aromatic rings. The second kappa shape index (κ2) is 9.75. The second-order valence-electron chi connectivity index (χ2n) is 8.19. The van der Waals surface area contributed by atoms with Gasteiger partial charge < -0.3 is 9.64 Å². The van der Waals surface area contributed by atoms with E-state index in [4.69, 9.17) is 4.74 Å². The van der Waals surface area contributed by atoms with E-state index in [0.717, 1.165) is 55.2 Å². The molecule has 1 fully saturated rings. The van der Waals surface area contributed by atoms with E-state index in [1.165, 1.54) is 11.1 Å². The summed E-state index contributed by atoms with van der Waals surface area (Å²) in [5.41, 5.74) is 5.27. The number of piperazine rings is 1. The van der Waals surface area contributed by atoms with Crippen molar-refractivity contribution in [2.45, 2.75) is 27.0 Å². The number of hydrogen-bond acceptors (Lipinski definition) is 4. The molecule has 2 aromatic carbocycles. The smallest absolute Gasteiger partial charge is 0.253 e. The molecule has 0 N–H and O–H groups in total. The number of pyridine rings is 1. The maximum atomic E-state index is 13.0. The third-order valence-corrected chi connectivity index (χ3v) is 5.69. The summed E-state index contributed by atoms with van der Waals surface area (Å²) < 4.78 is 5.99. The van der Waals surface area contributed by atoms with Crippen molar-refractivity contribution in [1.82, 2.24) is 14.8 Å². The molecule has 1 aliphatic heterocycles. The normalized spacial score (nSPS) is 14.5. The van der Waals surface area contributed by atoms with Crippen molar-refractivity contribution in [3.63, 3.8) is 0 Å². The first-order chi connectivity index (χ1) is 15.1. The highest BCUT2D eigenvalue weighted by atomic mass is 16.5. The molecule has 1 amide bonds. The number of aryl methyl sites for hydroxylation is 2. The van der Waals surface area contributed by atoms with Crippen LogP contribution in [0.15, 0.2) is 67.0 Å². The van der Waals surface area contributed by atoms with Gasteiger partial charge in [-0.2, -0.15) is 0 Å². The lowest BCUT2D eigenvalue weighted by Gasteiger charge is -2.34. The van der Waals surface area contributed by atoms with Crippen LogP contribution in [0.2, 0.25) is 0 Å². The highest BCUT2D eigenvalue weighted by molar-refractivity contribution is 5.94. The fourth-order valence-electron chi connectivity index (χ4n) is 3.96. The van der Waals surface area contributed by atoms with E-state index < -0.39 is 0 Å². The van der Waals surface area contributed by atoms with Crippen LogP contribution in [0, 0.1) is 13.8 Å². The molecular weight excluding hydrogens is 386 g/mol. The largest absolute Gasteiger partial charge is 0.489 e. The van der Waals surface area contributed by atoms with E-state index in [0.29, 0.717) is 6.61 Å². The minimum atomic E-state index is 0.0920. The van der Waals surface area contributed by atoms with Crippen molar-refractivity contribution in [3.8, 4) is 5.75 Å². The molecule has 2 heterocycles. The Balaban J connectivity index is 1.33. The number of hydrogen-bond donors (Lipinski definition) is 0. The summed E-state index contributed by atoms with van der Waals surface area (Å²) in [7, 11) is 0. The molecule has 31 heavy (non-hydrogen) atoms. The zero-order valence-corrected chi connectivity index (χ0v) is 18.3. The van der Waals surface area contributed by atoms with Crippen molar-refractivity contribution in [1.29, 1.82) is 0 Å². The SMILES string of the molecule is Cc1ccc(OCc2cccc(C(=O)N3CCN(Cc4cccnc4)CC3)c2)c(C)c1. The number of carbonyl (C=O) groups is 1. The van der Waals surface area contributed by atoms with Crippen LogP contribution >= 0.6 is 0 Å². The second-order valence-corrected chi connectivity index (χ2v) is 8.19. The monoisotopic (exact) mass is 415 g/mol. The molecule has 1 aromatic heterocycles. The fourth-order valence-corrected chi connectivity index (χ4v) is 3.96. The van der Waals surface area contributed by atoms with Gasteiger partial charge in [0.05, 0.1) is 0 Å². The first-order valence-electron chi connectivity index (χ1n) is 10.8. The number of carbonyl (C=O) groups excluding carboxylic acids is 1. The van der Waals surface area contributed by atoms with Gasteiger partial charge in [-0.15, -0.1) is 0 Å². The molecule has 0 radical (unpaired) electrons. The number of rotatable bonds is 6. The lowest BCUT2D eigenvalue weighted by molar-refractivity contribution is 0.0628. The molecule has 160 valence electrons. The summed E-state index contributed by atoms with van der Waals surface area (Å²) in [6.07, 6.45) is 3.70. The first kappa shape index (κ1) is 21.1. The molecule has 1 saturated heterocycles. The Kier molecular flexibility index (Phi) is 6.63. The standard InChI is InChI=1S/C26H29N3O2/c1-20-8-9-25(21(2)15-20)31-19-22-5-3-7-24(16-22)26(30)29-13-11-28(12-14-29)18-23-6-4-10-27-17-23/h3-10,15-17H,11-14,18-19H2,1-2H3. The van der Waals surface area contributed by atoms with Crippen LogP contribution < -0.4 is 4.74 Å². The Bertz CT molecular complexity index is 1030. The summed E-state index contributed by atoms with van der Waals surface area (Å²) in [5, 5.41) is 0. The van der Waals surface area contributed by atoms with Crippen molar-refractivity contribution in [2.75, 3.05) is 26.2 Å². The van der Waals surface area contributed by atoms with Gasteiger partial charge in [-0.1, -0.05) is 35.9 Å². The molecule has 0 bridgehead atoms. The Morgan fingerprint density at radius 1 is 0.968 bits per heavy atom. The summed E-state index contributed by atoms with van der Waals surface area (Å²) in [6, 6.07) is 18.0. The van der Waals surface area contributed by atoms with Crippen LogP contribution in [0.4, 0.5) is 0 Å². The number of nitrogens with zero attached hydrogens (tertiary/aromatic N) is 3. The summed E-state index contributed by atoms with van der Waals surface area (Å²) in [6.45, 7) is 8.67. The zero-order chi connectivity index (χ0) is 21.6. The van der Waals surface area contributed by atoms with E-state index >= 15 is 0 Å². The molecule has 0 atom stereocenters. The van der Waals surface area contributed by atoms with Gasteiger partial charge in [-0.3, -0.25) is 14.7 Å². The Labute approximate surface area is 184 Å². The van der Waals surface area contributed by atoms with Crippen LogP contribution in [-0.2, 0) is 13.2 Å². The number of ether oxygens (including phenoxy) is 1. The van der Waals surface area contributed by atoms with E-state index in [1.54, 1.807) is 6.20 Å². The van der Waals surface area contributed by atoms with Gasteiger partial charge in [0.1, 0.15) is 12.4 Å². The zero-order valence-electron chi connectivity index (χ0n) is 18.3. The van der Waals surface area contributed by atoms with Crippen LogP contribution in [-0.4, -0.2) is 46.9 Å². The average Bonchev–Trinajstić information content (AvgIpc) is 2.79. The van der Waals surface area contributed by atoms with Gasteiger partial charge >= 0.3 is 0 Å². The predicted molar refractivity (Wildman–Crippen MR) is 122 cm³/mol. The molecule has 5 heteroatoms. The number of aromatic nitrogens is 1. The molecule has 0 saturated carbocycles. The van der Waals surface area contributed by atoms with Crippen LogP contribution in [0.5, 0.6) is 5.75 Å². The van der Waals surface area contributed by atoms with Crippen molar-refractivity contribution >= 4 is 5.91 Å². The Morgan fingerprint density at radius 3 is 2.52 bits per heavy atom. The van der Waals surface area contributed by atoms with Crippen molar-refractivity contribution in [3.05, 3.63) is 94.8 Å². The third-order valence-electron chi connectivity index (χ3n) is 5.69. The topological polar surface area (TPSA) is 45.7 Å². The average molecular weight is 416 g/mol. The molecular formula is C26H29N3O2. The van der Waals surface area contributed by atoms with Gasteiger partial charge in [0, 0.05) is 50.7 Å². The third kappa shape index (κ3) is 5.50.